The fourth-order valence-electron chi connectivity index (χ4n) is 4.71. The van der Waals surface area contributed by atoms with E-state index < -0.39 is 48.7 Å². The zero-order valence-corrected chi connectivity index (χ0v) is 23.1. The Morgan fingerprint density at radius 3 is 2.44 bits per heavy atom. The van der Waals surface area contributed by atoms with E-state index >= 15 is 4.39 Å². The van der Waals surface area contributed by atoms with Gasteiger partial charge in [0.1, 0.15) is 34.7 Å². The van der Waals surface area contributed by atoms with Crippen LogP contribution in [0.1, 0.15) is 59.0 Å². The molecule has 1 saturated carbocycles. The number of rotatable bonds is 10. The number of aliphatic hydroxyl groups excluding tert-OH is 2. The Kier molecular flexibility index (Phi) is 8.56. The zero-order chi connectivity index (χ0) is 31.0. The summed E-state index contributed by atoms with van der Waals surface area (Å²) >= 11 is 0. The first-order chi connectivity index (χ1) is 20.5. The number of nitrogens with zero attached hydrogens (tertiary/aromatic N) is 2. The van der Waals surface area contributed by atoms with Gasteiger partial charge in [0.15, 0.2) is 5.82 Å². The van der Waals surface area contributed by atoms with Gasteiger partial charge in [0, 0.05) is 34.2 Å². The van der Waals surface area contributed by atoms with Gasteiger partial charge in [0.05, 0.1) is 19.3 Å². The predicted octanol–water partition coefficient (Wildman–Crippen LogP) is 5.30. The lowest BCUT2D eigenvalue weighted by molar-refractivity contribution is 0.0205. The lowest BCUT2D eigenvalue weighted by Crippen LogP contribution is -2.38. The monoisotopic (exact) mass is 604 g/mol. The maximum absolute atomic E-state index is 15.5. The molecule has 0 saturated heterocycles. The average molecular weight is 605 g/mol. The van der Waals surface area contributed by atoms with E-state index in [4.69, 9.17) is 4.74 Å². The van der Waals surface area contributed by atoms with Crippen LogP contribution in [0, 0.1) is 11.6 Å². The summed E-state index contributed by atoms with van der Waals surface area (Å²) < 4.78 is 76.8. The second-order valence-corrected chi connectivity index (χ2v) is 10.5. The van der Waals surface area contributed by atoms with Crippen molar-refractivity contribution in [3.05, 3.63) is 82.2 Å². The number of hydrazine groups is 1. The Morgan fingerprint density at radius 1 is 1.14 bits per heavy atom. The third-order valence-electron chi connectivity index (χ3n) is 7.34. The maximum atomic E-state index is 15.5. The van der Waals surface area contributed by atoms with E-state index in [0.717, 1.165) is 42.1 Å². The quantitative estimate of drug-likeness (QED) is 0.233. The van der Waals surface area contributed by atoms with Crippen molar-refractivity contribution in [2.75, 3.05) is 19.1 Å². The molecule has 1 amide bonds. The van der Waals surface area contributed by atoms with Crippen molar-refractivity contribution in [1.82, 2.24) is 15.3 Å². The number of hydrogen-bond acceptors (Lipinski definition) is 7. The molecule has 4 N–H and O–H groups in total. The van der Waals surface area contributed by atoms with E-state index in [1.807, 2.05) is 0 Å². The van der Waals surface area contributed by atoms with E-state index in [1.165, 1.54) is 38.3 Å². The number of nitrogens with one attached hydrogen (secondary N) is 2. The molecule has 0 bridgehead atoms. The first kappa shape index (κ1) is 30.2. The van der Waals surface area contributed by atoms with Crippen LogP contribution in [0.2, 0.25) is 0 Å². The molecule has 3 unspecified atom stereocenters. The molecule has 13 heteroatoms. The smallest absolute Gasteiger partial charge is 0.279 e. The molecule has 2 aromatic carbocycles. The summed E-state index contributed by atoms with van der Waals surface area (Å²) in [7, 11) is 1.35. The van der Waals surface area contributed by atoms with Crippen molar-refractivity contribution in [2.24, 2.45) is 0 Å². The van der Waals surface area contributed by atoms with Crippen LogP contribution in [0.15, 0.2) is 48.2 Å². The van der Waals surface area contributed by atoms with Crippen LogP contribution in [0.25, 0.3) is 17.3 Å². The van der Waals surface area contributed by atoms with Crippen LogP contribution in [0.5, 0.6) is 5.75 Å². The second kappa shape index (κ2) is 12.2. The SMILES string of the molecule is COc1cc(C(=O)NC2CC2)cc2c1NN(CC(O)c1cc(C(C)C(O)F)c(F)c(-c3ccc(F)cc3)n1)C(C(F)F)=C2. The van der Waals surface area contributed by atoms with Gasteiger partial charge >= 0.3 is 0 Å². The summed E-state index contributed by atoms with van der Waals surface area (Å²) in [5.74, 6) is -3.14. The van der Waals surface area contributed by atoms with Crippen LogP contribution < -0.4 is 15.5 Å². The molecular formula is C30H29F5N4O4. The Morgan fingerprint density at radius 2 is 1.84 bits per heavy atom. The first-order valence-electron chi connectivity index (χ1n) is 13.5. The number of methoxy groups -OCH3 is 1. The third kappa shape index (κ3) is 6.42. The second-order valence-electron chi connectivity index (χ2n) is 10.5. The lowest BCUT2D eigenvalue weighted by atomic mass is 9.96. The number of carbonyl (C=O) groups excluding carboxylic acids is 1. The van der Waals surface area contributed by atoms with Gasteiger partial charge in [-0.2, -0.15) is 0 Å². The van der Waals surface area contributed by atoms with Crippen molar-refractivity contribution >= 4 is 17.7 Å². The molecule has 3 aromatic rings. The number of pyridine rings is 1. The summed E-state index contributed by atoms with van der Waals surface area (Å²) in [6, 6.07) is 8.66. The minimum absolute atomic E-state index is 0.0807. The molecule has 228 valence electrons. The van der Waals surface area contributed by atoms with E-state index in [9.17, 15) is 32.6 Å². The molecule has 2 heterocycles. The molecule has 3 atom stereocenters. The standard InChI is InChI=1S/C30H29F5N4O4/c1-14(29(35)41)20-12-21(37-27(25(20)32)15-3-5-18(31)6-4-15)23(40)13-39-22(28(33)34)10-16-9-17(30(42)36-19-7-8-19)11-24(43-2)26(16)38-39/h3-6,9-12,14,19,23,28-29,38,40-41H,7-8,13H2,1-2H3,(H,36,42). The molecule has 8 nitrogen and oxygen atoms in total. The Hall–Kier alpha value is -4.23. The number of aliphatic hydroxyl groups is 2. The molecular weight excluding hydrogens is 575 g/mol. The summed E-state index contributed by atoms with van der Waals surface area (Å²) in [6.45, 7) is 0.691. The van der Waals surface area contributed by atoms with Gasteiger partial charge in [-0.1, -0.05) is 6.92 Å². The van der Waals surface area contributed by atoms with Crippen molar-refractivity contribution in [2.45, 2.75) is 50.6 Å². The number of benzene rings is 2. The Bertz CT molecular complexity index is 1550. The van der Waals surface area contributed by atoms with Gasteiger partial charge in [0.25, 0.3) is 12.3 Å². The number of amides is 1. The number of aromatic nitrogens is 1. The van der Waals surface area contributed by atoms with Crippen molar-refractivity contribution in [3.8, 4) is 17.0 Å². The molecule has 0 radical (unpaired) electrons. The highest BCUT2D eigenvalue weighted by atomic mass is 19.3. The van der Waals surface area contributed by atoms with Crippen LogP contribution >= 0.6 is 0 Å². The molecule has 1 aliphatic carbocycles. The van der Waals surface area contributed by atoms with E-state index in [1.54, 1.807) is 0 Å². The van der Waals surface area contributed by atoms with Crippen LogP contribution in [-0.4, -0.2) is 58.6 Å². The molecule has 43 heavy (non-hydrogen) atoms. The molecule has 1 fully saturated rings. The van der Waals surface area contributed by atoms with Gasteiger partial charge in [-0.3, -0.25) is 15.2 Å². The Labute approximate surface area is 243 Å². The molecule has 2 aliphatic rings. The van der Waals surface area contributed by atoms with Gasteiger partial charge in [-0.15, -0.1) is 0 Å². The number of allylic oxidation sites excluding steroid dienone is 1. The Balaban J connectivity index is 1.49. The number of ether oxygens (including phenoxy) is 1. The van der Waals surface area contributed by atoms with Gasteiger partial charge in [-0.05, 0) is 61.4 Å². The minimum Gasteiger partial charge on any atom is -0.494 e. The zero-order valence-electron chi connectivity index (χ0n) is 23.1. The van der Waals surface area contributed by atoms with Gasteiger partial charge in [0.2, 0.25) is 6.36 Å². The number of carbonyl (C=O) groups is 1. The highest BCUT2D eigenvalue weighted by molar-refractivity contribution is 5.97. The number of fused-ring (bicyclic) bond motifs is 1. The number of hydrogen-bond donors (Lipinski definition) is 4. The summed E-state index contributed by atoms with van der Waals surface area (Å²) in [5.41, 5.74) is 2.25. The summed E-state index contributed by atoms with van der Waals surface area (Å²) in [5, 5.41) is 24.5. The summed E-state index contributed by atoms with van der Waals surface area (Å²) in [4.78, 5) is 16.8. The van der Waals surface area contributed by atoms with Crippen LogP contribution in [-0.2, 0) is 0 Å². The largest absolute Gasteiger partial charge is 0.494 e. The normalized spacial score (nSPS) is 16.6. The average Bonchev–Trinajstić information content (AvgIpc) is 3.80. The van der Waals surface area contributed by atoms with Crippen LogP contribution in [0.4, 0.5) is 27.6 Å². The maximum Gasteiger partial charge on any atom is 0.279 e. The van der Waals surface area contributed by atoms with Gasteiger partial charge in [-0.25, -0.2) is 26.9 Å². The molecule has 0 spiro atoms. The lowest BCUT2D eigenvalue weighted by Gasteiger charge is -2.35. The highest BCUT2D eigenvalue weighted by Crippen LogP contribution is 2.39. The van der Waals surface area contributed by atoms with Crippen molar-refractivity contribution < 1.29 is 41.7 Å². The number of β-amino-alcohol motifs (C(OH)–C–C–N with tert-alkyl or cyclic N) is 1. The first-order valence-corrected chi connectivity index (χ1v) is 13.5. The van der Waals surface area contributed by atoms with E-state index in [-0.39, 0.29) is 57.0 Å². The van der Waals surface area contributed by atoms with Crippen molar-refractivity contribution in [3.63, 3.8) is 0 Å². The molecule has 5 rings (SSSR count). The van der Waals surface area contributed by atoms with Gasteiger partial charge < -0.3 is 20.3 Å². The van der Waals surface area contributed by atoms with Crippen molar-refractivity contribution in [1.29, 1.82) is 0 Å². The molecule has 1 aromatic heterocycles. The van der Waals surface area contributed by atoms with E-state index in [2.05, 4.69) is 15.7 Å². The number of halogens is 5. The fraction of sp³-hybridized carbons (Fsp3) is 0.333. The predicted molar refractivity (Wildman–Crippen MR) is 148 cm³/mol. The van der Waals surface area contributed by atoms with E-state index in [0.29, 0.717) is 0 Å². The third-order valence-corrected chi connectivity index (χ3v) is 7.34. The highest BCUT2D eigenvalue weighted by Gasteiger charge is 2.32. The minimum atomic E-state index is -3.02. The summed E-state index contributed by atoms with van der Waals surface area (Å²) in [6.07, 6.45) is -4.21. The topological polar surface area (TPSA) is 107 Å². The number of alkyl halides is 3. The molecule has 1 aliphatic heterocycles. The number of anilines is 1. The van der Waals surface area contributed by atoms with Crippen LogP contribution in [0.3, 0.4) is 0 Å². The fourth-order valence-corrected chi connectivity index (χ4v) is 4.71.